The minimum Gasteiger partial charge on any atom is -0.341 e. The Labute approximate surface area is 205 Å². The minimum atomic E-state index is 0. The lowest BCUT2D eigenvalue weighted by Crippen LogP contribution is -2.26. The average Bonchev–Trinajstić information content (AvgIpc) is 3.27. The summed E-state index contributed by atoms with van der Waals surface area (Å²) in [5.41, 5.74) is 3.03. The van der Waals surface area contributed by atoms with Crippen molar-refractivity contribution in [1.29, 1.82) is 0 Å². The first-order valence-electron chi connectivity index (χ1n) is 12.1. The van der Waals surface area contributed by atoms with E-state index in [1.807, 2.05) is 17.8 Å². The van der Waals surface area contributed by atoms with Crippen molar-refractivity contribution in [3.8, 4) is 0 Å². The lowest BCUT2D eigenvalue weighted by atomic mass is 10.0. The van der Waals surface area contributed by atoms with Crippen LogP contribution in [-0.2, 0) is 20.0 Å². The number of likely N-dealkylation sites (tertiary alicyclic amines) is 2. The predicted molar refractivity (Wildman–Crippen MR) is 146 cm³/mol. The van der Waals surface area contributed by atoms with Crippen molar-refractivity contribution in [1.82, 2.24) is 24.3 Å². The Balaban J connectivity index is 0.000000418. The molecule has 0 unspecified atom stereocenters. The van der Waals surface area contributed by atoms with Crippen molar-refractivity contribution in [2.24, 2.45) is 7.05 Å². The van der Waals surface area contributed by atoms with Crippen molar-refractivity contribution < 1.29 is 0 Å². The second-order valence-electron chi connectivity index (χ2n) is 9.21. The molecule has 3 aliphatic heterocycles. The second kappa shape index (κ2) is 18.7. The molecule has 2 aromatic rings. The number of hydrogen-bond donors (Lipinski definition) is 0. The summed E-state index contributed by atoms with van der Waals surface area (Å²) < 4.78 is 1.89. The fourth-order valence-corrected chi connectivity index (χ4v) is 4.07. The summed E-state index contributed by atoms with van der Waals surface area (Å²) in [6.45, 7) is 7.60. The van der Waals surface area contributed by atoms with E-state index >= 15 is 0 Å². The van der Waals surface area contributed by atoms with Crippen LogP contribution in [0.1, 0.15) is 64.5 Å². The van der Waals surface area contributed by atoms with Gasteiger partial charge in [-0.3, -0.25) is 0 Å². The molecule has 5 rings (SSSR count). The first-order valence-corrected chi connectivity index (χ1v) is 12.1. The Morgan fingerprint density at radius 3 is 1.52 bits per heavy atom. The Kier molecular flexibility index (Phi) is 17.7. The maximum absolute atomic E-state index is 3.78. The van der Waals surface area contributed by atoms with E-state index in [1.54, 1.807) is 12.5 Å². The van der Waals surface area contributed by atoms with Crippen LogP contribution in [0, 0.1) is 0 Å². The number of rotatable bonds is 0. The first-order chi connectivity index (χ1) is 15.0. The van der Waals surface area contributed by atoms with Crippen LogP contribution in [0.15, 0.2) is 43.0 Å². The normalized spacial score (nSPS) is 18.3. The van der Waals surface area contributed by atoms with E-state index in [-0.39, 0.29) is 14.9 Å². The van der Waals surface area contributed by atoms with E-state index in [0.29, 0.717) is 0 Å². The number of aromatic nitrogens is 2. The summed E-state index contributed by atoms with van der Waals surface area (Å²) >= 11 is 0. The summed E-state index contributed by atoms with van der Waals surface area (Å²) in [6.07, 6.45) is 15.2. The highest BCUT2D eigenvalue weighted by Gasteiger charge is 2.10. The molecule has 0 aliphatic carbocycles. The molecule has 4 heterocycles. The first kappa shape index (κ1) is 31.3. The molecule has 0 saturated carbocycles. The summed E-state index contributed by atoms with van der Waals surface area (Å²) in [5, 5.41) is 0. The summed E-state index contributed by atoms with van der Waals surface area (Å²) in [6, 6.07) is 8.72. The Hall–Kier alpha value is -1.69. The third-order valence-corrected chi connectivity index (χ3v) is 6.12. The molecule has 0 amide bonds. The third kappa shape index (κ3) is 14.2. The van der Waals surface area contributed by atoms with Crippen molar-refractivity contribution in [2.45, 2.75) is 66.3 Å². The van der Waals surface area contributed by atoms with E-state index in [9.17, 15) is 0 Å². The number of likely N-dealkylation sites (N-methyl/N-ethyl adjacent to an activating group) is 1. The van der Waals surface area contributed by atoms with Gasteiger partial charge in [-0.15, -0.1) is 0 Å². The van der Waals surface area contributed by atoms with Crippen LogP contribution in [0.2, 0.25) is 0 Å². The van der Waals surface area contributed by atoms with Gasteiger partial charge in [0.05, 0.1) is 6.33 Å². The zero-order valence-electron chi connectivity index (χ0n) is 20.5. The van der Waals surface area contributed by atoms with Crippen LogP contribution in [0.3, 0.4) is 0 Å². The molecular formula is C28H53N5. The highest BCUT2D eigenvalue weighted by atomic mass is 15.1. The highest BCUT2D eigenvalue weighted by molar-refractivity contribution is 5.28. The molecule has 0 atom stereocenters. The fraction of sp³-hybridized carbons (Fsp3) is 0.679. The standard InChI is InChI=1S/C10H13N.2C6H13N.C4H6N2.2CH4/c1-11-7-6-9-4-2-3-5-10(9)8-11;2*1-7-5-3-2-4-6-7;1-6-3-2-5-4-6;;/h2-5H,6-8H2,1H3;2*2-6H2,1H3;2-4H,1H3;2*1H4. The van der Waals surface area contributed by atoms with Gasteiger partial charge in [-0.2, -0.15) is 0 Å². The monoisotopic (exact) mass is 459 g/mol. The van der Waals surface area contributed by atoms with Gasteiger partial charge in [-0.1, -0.05) is 52.0 Å². The lowest BCUT2D eigenvalue weighted by molar-refractivity contribution is 0.277. The maximum Gasteiger partial charge on any atom is 0.0943 e. The molecule has 33 heavy (non-hydrogen) atoms. The topological polar surface area (TPSA) is 27.5 Å². The van der Waals surface area contributed by atoms with E-state index in [2.05, 4.69) is 65.1 Å². The maximum atomic E-state index is 3.78. The van der Waals surface area contributed by atoms with Crippen LogP contribution in [0.4, 0.5) is 0 Å². The Bertz CT molecular complexity index is 657. The van der Waals surface area contributed by atoms with Gasteiger partial charge in [-0.05, 0) is 90.6 Å². The number of nitrogens with zero attached hydrogens (tertiary/aromatic N) is 5. The van der Waals surface area contributed by atoms with Gasteiger partial charge in [0.1, 0.15) is 0 Å². The molecule has 2 fully saturated rings. The van der Waals surface area contributed by atoms with E-state index in [4.69, 9.17) is 0 Å². The van der Waals surface area contributed by atoms with Crippen LogP contribution in [-0.4, -0.2) is 78.1 Å². The minimum absolute atomic E-state index is 0. The quantitative estimate of drug-likeness (QED) is 0.515. The number of imidazole rings is 1. The second-order valence-corrected chi connectivity index (χ2v) is 9.21. The molecule has 2 saturated heterocycles. The molecule has 0 N–H and O–H groups in total. The largest absolute Gasteiger partial charge is 0.341 e. The highest BCUT2D eigenvalue weighted by Crippen LogP contribution is 2.16. The smallest absolute Gasteiger partial charge is 0.0943 e. The van der Waals surface area contributed by atoms with Crippen LogP contribution >= 0.6 is 0 Å². The number of benzene rings is 1. The van der Waals surface area contributed by atoms with Gasteiger partial charge in [0.2, 0.25) is 0 Å². The molecule has 1 aromatic heterocycles. The Morgan fingerprint density at radius 2 is 1.15 bits per heavy atom. The predicted octanol–water partition coefficient (Wildman–Crippen LogP) is 5.57. The van der Waals surface area contributed by atoms with Crippen LogP contribution in [0.25, 0.3) is 0 Å². The summed E-state index contributed by atoms with van der Waals surface area (Å²) in [4.78, 5) is 10.9. The van der Waals surface area contributed by atoms with Gasteiger partial charge in [-0.25, -0.2) is 4.98 Å². The van der Waals surface area contributed by atoms with E-state index < -0.39 is 0 Å². The average molecular weight is 460 g/mol. The van der Waals surface area contributed by atoms with Crippen LogP contribution < -0.4 is 0 Å². The molecule has 190 valence electrons. The zero-order chi connectivity index (χ0) is 22.3. The van der Waals surface area contributed by atoms with E-state index in [0.717, 1.165) is 6.54 Å². The molecular weight excluding hydrogens is 406 g/mol. The molecule has 5 heteroatoms. The summed E-state index contributed by atoms with van der Waals surface area (Å²) in [7, 11) is 8.50. The summed E-state index contributed by atoms with van der Waals surface area (Å²) in [5.74, 6) is 0. The van der Waals surface area contributed by atoms with Gasteiger partial charge < -0.3 is 19.3 Å². The molecule has 0 spiro atoms. The number of piperidine rings is 2. The molecule has 0 radical (unpaired) electrons. The number of hydrogen-bond acceptors (Lipinski definition) is 4. The molecule has 3 aliphatic rings. The molecule has 5 nitrogen and oxygen atoms in total. The van der Waals surface area contributed by atoms with Gasteiger partial charge >= 0.3 is 0 Å². The third-order valence-electron chi connectivity index (χ3n) is 6.12. The molecule has 0 bridgehead atoms. The number of fused-ring (bicyclic) bond motifs is 1. The van der Waals surface area contributed by atoms with Crippen LogP contribution in [0.5, 0.6) is 0 Å². The Morgan fingerprint density at radius 1 is 0.636 bits per heavy atom. The fourth-order valence-electron chi connectivity index (χ4n) is 4.07. The van der Waals surface area contributed by atoms with E-state index in [1.165, 1.54) is 88.8 Å². The molecule has 1 aromatic carbocycles. The van der Waals surface area contributed by atoms with Gasteiger partial charge in [0, 0.05) is 32.5 Å². The SMILES string of the molecule is C.C.CN1CCCCC1.CN1CCCCC1.CN1CCc2ccccc2C1.Cn1ccnc1. The van der Waals surface area contributed by atoms with Gasteiger partial charge in [0.25, 0.3) is 0 Å². The van der Waals surface area contributed by atoms with Crippen molar-refractivity contribution in [3.63, 3.8) is 0 Å². The zero-order valence-corrected chi connectivity index (χ0v) is 20.5. The van der Waals surface area contributed by atoms with Crippen molar-refractivity contribution in [2.75, 3.05) is 53.9 Å². The van der Waals surface area contributed by atoms with Crippen molar-refractivity contribution >= 4 is 0 Å². The lowest BCUT2D eigenvalue weighted by Gasteiger charge is -2.24. The number of aryl methyl sites for hydroxylation is 1. The van der Waals surface area contributed by atoms with Crippen molar-refractivity contribution in [3.05, 3.63) is 54.1 Å². The van der Waals surface area contributed by atoms with Gasteiger partial charge in [0.15, 0.2) is 0 Å².